The molecule has 1 unspecified atom stereocenters. The van der Waals surface area contributed by atoms with Gasteiger partial charge < -0.3 is 10.6 Å². The van der Waals surface area contributed by atoms with Crippen molar-refractivity contribution in [2.75, 3.05) is 25.4 Å². The van der Waals surface area contributed by atoms with Crippen molar-refractivity contribution in [3.05, 3.63) is 0 Å². The molecule has 0 bridgehead atoms. The Kier molecular flexibility index (Phi) is 4.13. The second kappa shape index (κ2) is 5.61. The van der Waals surface area contributed by atoms with E-state index >= 15 is 0 Å². The molecule has 0 saturated carbocycles. The predicted molar refractivity (Wildman–Crippen MR) is 63.0 cm³/mol. The predicted octanol–water partition coefficient (Wildman–Crippen LogP) is 1.21. The smallest absolute Gasteiger partial charge is 0.156 e. The number of nitrogens with zero attached hydrogens (tertiary/aromatic N) is 1. The highest BCUT2D eigenvalue weighted by Gasteiger charge is 2.13. The van der Waals surface area contributed by atoms with Crippen molar-refractivity contribution in [1.29, 1.82) is 0 Å². The number of aliphatic imine (C=N–C) groups is 1. The van der Waals surface area contributed by atoms with Crippen LogP contribution in [-0.2, 0) is 0 Å². The zero-order valence-corrected chi connectivity index (χ0v) is 9.41. The van der Waals surface area contributed by atoms with E-state index in [-0.39, 0.29) is 0 Å². The molecule has 2 aliphatic rings. The minimum absolute atomic E-state index is 0.661. The number of piperidine rings is 1. The van der Waals surface area contributed by atoms with E-state index in [0.29, 0.717) is 6.04 Å². The molecule has 0 radical (unpaired) electrons. The van der Waals surface area contributed by atoms with Gasteiger partial charge in [-0.05, 0) is 25.8 Å². The zero-order valence-electron chi connectivity index (χ0n) is 8.59. The fourth-order valence-electron chi connectivity index (χ4n) is 1.88. The summed E-state index contributed by atoms with van der Waals surface area (Å²) in [5.41, 5.74) is 0. The quantitative estimate of drug-likeness (QED) is 0.724. The SMILES string of the molecule is C1CCC(CNC2=NCCCS2)NC1. The average molecular weight is 213 g/mol. The highest BCUT2D eigenvalue weighted by molar-refractivity contribution is 8.13. The summed E-state index contributed by atoms with van der Waals surface area (Å²) >= 11 is 1.86. The molecule has 14 heavy (non-hydrogen) atoms. The molecule has 2 heterocycles. The van der Waals surface area contributed by atoms with Gasteiger partial charge in [-0.25, -0.2) is 0 Å². The highest BCUT2D eigenvalue weighted by atomic mass is 32.2. The Bertz CT molecular complexity index is 200. The maximum absolute atomic E-state index is 4.45. The van der Waals surface area contributed by atoms with E-state index in [1.807, 2.05) is 11.8 Å². The van der Waals surface area contributed by atoms with Crippen LogP contribution in [0, 0.1) is 0 Å². The van der Waals surface area contributed by atoms with Crippen molar-refractivity contribution in [3.8, 4) is 0 Å². The Labute approximate surface area is 90.1 Å². The van der Waals surface area contributed by atoms with Gasteiger partial charge in [0, 0.05) is 24.9 Å². The summed E-state index contributed by atoms with van der Waals surface area (Å²) in [7, 11) is 0. The molecule has 80 valence electrons. The molecular weight excluding hydrogens is 194 g/mol. The first-order valence-electron chi connectivity index (χ1n) is 5.59. The van der Waals surface area contributed by atoms with Crippen LogP contribution in [0.15, 0.2) is 4.99 Å². The van der Waals surface area contributed by atoms with Crippen LogP contribution >= 0.6 is 11.8 Å². The molecule has 1 saturated heterocycles. The van der Waals surface area contributed by atoms with E-state index < -0.39 is 0 Å². The first-order chi connectivity index (χ1) is 6.95. The van der Waals surface area contributed by atoms with Crippen molar-refractivity contribution in [2.24, 2.45) is 4.99 Å². The van der Waals surface area contributed by atoms with Gasteiger partial charge in [-0.2, -0.15) is 0 Å². The van der Waals surface area contributed by atoms with Crippen molar-refractivity contribution in [2.45, 2.75) is 31.7 Å². The molecule has 1 fully saturated rings. The third kappa shape index (κ3) is 3.17. The van der Waals surface area contributed by atoms with Crippen LogP contribution < -0.4 is 10.6 Å². The van der Waals surface area contributed by atoms with Crippen LogP contribution in [0.25, 0.3) is 0 Å². The van der Waals surface area contributed by atoms with Crippen molar-refractivity contribution >= 4 is 16.9 Å². The largest absolute Gasteiger partial charge is 0.363 e. The van der Waals surface area contributed by atoms with Gasteiger partial charge in [0.2, 0.25) is 0 Å². The van der Waals surface area contributed by atoms with Gasteiger partial charge in [0.25, 0.3) is 0 Å². The van der Waals surface area contributed by atoms with Crippen molar-refractivity contribution in [1.82, 2.24) is 10.6 Å². The topological polar surface area (TPSA) is 36.4 Å². The van der Waals surface area contributed by atoms with Crippen LogP contribution in [0.3, 0.4) is 0 Å². The molecule has 0 aromatic heterocycles. The Morgan fingerprint density at radius 1 is 1.43 bits per heavy atom. The van der Waals surface area contributed by atoms with Crippen LogP contribution in [-0.4, -0.2) is 36.6 Å². The summed E-state index contributed by atoms with van der Waals surface area (Å²) in [5, 5.41) is 8.13. The summed E-state index contributed by atoms with van der Waals surface area (Å²) in [6.45, 7) is 3.24. The normalized spacial score (nSPS) is 28.3. The average Bonchev–Trinajstić information content (AvgIpc) is 2.29. The Balaban J connectivity index is 1.67. The third-order valence-electron chi connectivity index (χ3n) is 2.71. The van der Waals surface area contributed by atoms with Gasteiger partial charge in [0.1, 0.15) is 0 Å². The van der Waals surface area contributed by atoms with Gasteiger partial charge in [0.05, 0.1) is 0 Å². The van der Waals surface area contributed by atoms with Crippen molar-refractivity contribution < 1.29 is 0 Å². The summed E-state index contributed by atoms with van der Waals surface area (Å²) in [5.74, 6) is 1.23. The molecule has 2 N–H and O–H groups in total. The molecule has 0 amide bonds. The summed E-state index contributed by atoms with van der Waals surface area (Å²) < 4.78 is 0. The summed E-state index contributed by atoms with van der Waals surface area (Å²) in [6, 6.07) is 0.661. The molecule has 0 aromatic rings. The number of hydrogen-bond donors (Lipinski definition) is 2. The minimum Gasteiger partial charge on any atom is -0.363 e. The number of amidine groups is 1. The molecule has 2 aliphatic heterocycles. The molecule has 1 atom stereocenters. The van der Waals surface area contributed by atoms with Gasteiger partial charge in [0.15, 0.2) is 5.17 Å². The third-order valence-corrected chi connectivity index (χ3v) is 3.75. The van der Waals surface area contributed by atoms with E-state index in [9.17, 15) is 0 Å². The fraction of sp³-hybridized carbons (Fsp3) is 0.900. The molecule has 3 nitrogen and oxygen atoms in total. The number of rotatable bonds is 2. The first kappa shape index (κ1) is 10.3. The Morgan fingerprint density at radius 3 is 3.14 bits per heavy atom. The zero-order chi connectivity index (χ0) is 9.64. The lowest BCUT2D eigenvalue weighted by Crippen LogP contribution is -2.43. The van der Waals surface area contributed by atoms with Gasteiger partial charge in [-0.15, -0.1) is 0 Å². The van der Waals surface area contributed by atoms with E-state index in [4.69, 9.17) is 0 Å². The van der Waals surface area contributed by atoms with Crippen LogP contribution in [0.1, 0.15) is 25.7 Å². The lowest BCUT2D eigenvalue weighted by Gasteiger charge is -2.24. The monoisotopic (exact) mass is 213 g/mol. The number of thioether (sulfide) groups is 1. The number of hydrogen-bond acceptors (Lipinski definition) is 4. The van der Waals surface area contributed by atoms with Crippen LogP contribution in [0.2, 0.25) is 0 Å². The molecular formula is C10H19N3S. The summed E-state index contributed by atoms with van der Waals surface area (Å²) in [6.07, 6.45) is 5.26. The molecule has 0 aliphatic carbocycles. The lowest BCUT2D eigenvalue weighted by atomic mass is 10.1. The fourth-order valence-corrected chi connectivity index (χ4v) is 2.71. The molecule has 0 aromatic carbocycles. The first-order valence-corrected chi connectivity index (χ1v) is 6.58. The lowest BCUT2D eigenvalue weighted by molar-refractivity contribution is 0.399. The standard InChI is InChI=1S/C10H19N3S/c1-2-5-11-9(4-1)8-13-10-12-6-3-7-14-10/h9,11H,1-8H2,(H,12,13). The highest BCUT2D eigenvalue weighted by Crippen LogP contribution is 2.11. The maximum Gasteiger partial charge on any atom is 0.156 e. The van der Waals surface area contributed by atoms with Crippen molar-refractivity contribution in [3.63, 3.8) is 0 Å². The summed E-state index contributed by atoms with van der Waals surface area (Å²) in [4.78, 5) is 4.45. The Hall–Kier alpha value is -0.220. The molecule has 4 heteroatoms. The van der Waals surface area contributed by atoms with Gasteiger partial charge in [-0.1, -0.05) is 18.2 Å². The molecule has 0 spiro atoms. The van der Waals surface area contributed by atoms with E-state index in [2.05, 4.69) is 15.6 Å². The number of nitrogens with one attached hydrogen (secondary N) is 2. The van der Waals surface area contributed by atoms with Gasteiger partial charge >= 0.3 is 0 Å². The minimum atomic E-state index is 0.661. The van der Waals surface area contributed by atoms with Gasteiger partial charge in [-0.3, -0.25) is 4.99 Å². The second-order valence-corrected chi connectivity index (χ2v) is 5.00. The van der Waals surface area contributed by atoms with E-state index in [0.717, 1.165) is 18.3 Å². The van der Waals surface area contributed by atoms with E-state index in [1.165, 1.54) is 38.0 Å². The van der Waals surface area contributed by atoms with Crippen LogP contribution in [0.4, 0.5) is 0 Å². The maximum atomic E-state index is 4.45. The Morgan fingerprint density at radius 2 is 2.43 bits per heavy atom. The van der Waals surface area contributed by atoms with E-state index in [1.54, 1.807) is 0 Å². The molecule has 2 rings (SSSR count). The second-order valence-electron chi connectivity index (χ2n) is 3.92. The van der Waals surface area contributed by atoms with Crippen LogP contribution in [0.5, 0.6) is 0 Å².